The lowest BCUT2D eigenvalue weighted by Crippen LogP contribution is -2.30. The molecule has 0 saturated heterocycles. The lowest BCUT2D eigenvalue weighted by Gasteiger charge is -2.13. The van der Waals surface area contributed by atoms with Gasteiger partial charge in [-0.1, -0.05) is 18.2 Å². The number of methoxy groups -OCH3 is 1. The maximum absolute atomic E-state index is 12.9. The topological polar surface area (TPSA) is 46.5 Å². The van der Waals surface area contributed by atoms with Crippen LogP contribution in [0.3, 0.4) is 0 Å². The molecule has 0 heterocycles. The molecule has 1 rings (SSSR count). The molecule has 0 atom stereocenters. The minimum absolute atomic E-state index is 0.174. The van der Waals surface area contributed by atoms with E-state index in [2.05, 4.69) is 0 Å². The number of ether oxygens (including phenoxy) is 1. The number of rotatable bonds is 4. The zero-order valence-electron chi connectivity index (χ0n) is 8.04. The molecule has 0 unspecified atom stereocenters. The molecule has 0 aliphatic heterocycles. The van der Waals surface area contributed by atoms with Crippen LogP contribution in [0.2, 0.25) is 0 Å². The average molecular weight is 216 g/mol. The van der Waals surface area contributed by atoms with E-state index in [4.69, 9.17) is 9.84 Å². The normalized spacial score (nSPS) is 11.1. The number of halogens is 2. The van der Waals surface area contributed by atoms with Crippen LogP contribution in [0.4, 0.5) is 8.78 Å². The molecule has 0 saturated carbocycles. The third-order valence-corrected chi connectivity index (χ3v) is 1.92. The van der Waals surface area contributed by atoms with Crippen LogP contribution in [0.15, 0.2) is 24.3 Å². The molecule has 0 radical (unpaired) electrons. The standard InChI is InChI=1S/C10H10F2O3/c1-15-8-5-3-2-4-7(8)6-10(11,12)9(13)14/h2-5H,6H2,1H3,(H,13,14). The SMILES string of the molecule is COc1ccccc1CC(F)(F)C(=O)O. The summed E-state index contributed by atoms with van der Waals surface area (Å²) in [7, 11) is 1.34. The van der Waals surface area contributed by atoms with Crippen LogP contribution in [0.5, 0.6) is 5.75 Å². The molecule has 82 valence electrons. The Kier molecular flexibility index (Phi) is 3.24. The molecule has 0 aliphatic carbocycles. The van der Waals surface area contributed by atoms with Crippen LogP contribution in [-0.2, 0) is 11.2 Å². The highest BCUT2D eigenvalue weighted by Gasteiger charge is 2.39. The van der Waals surface area contributed by atoms with E-state index in [0.29, 0.717) is 0 Å². The summed E-state index contributed by atoms with van der Waals surface area (Å²) in [6.45, 7) is 0. The fourth-order valence-electron chi connectivity index (χ4n) is 1.16. The molecule has 1 aromatic carbocycles. The van der Waals surface area contributed by atoms with E-state index >= 15 is 0 Å². The van der Waals surface area contributed by atoms with Crippen molar-refractivity contribution in [1.82, 2.24) is 0 Å². The van der Waals surface area contributed by atoms with Crippen LogP contribution < -0.4 is 4.74 Å². The summed E-state index contributed by atoms with van der Waals surface area (Å²) in [5.41, 5.74) is 0.174. The number of alkyl halides is 2. The highest BCUT2D eigenvalue weighted by molar-refractivity contribution is 5.75. The fraction of sp³-hybridized carbons (Fsp3) is 0.300. The van der Waals surface area contributed by atoms with Gasteiger partial charge in [-0.3, -0.25) is 0 Å². The van der Waals surface area contributed by atoms with Gasteiger partial charge in [0.15, 0.2) is 0 Å². The molecule has 3 nitrogen and oxygen atoms in total. The van der Waals surface area contributed by atoms with Gasteiger partial charge in [0.1, 0.15) is 5.75 Å². The summed E-state index contributed by atoms with van der Waals surface area (Å²) >= 11 is 0. The van der Waals surface area contributed by atoms with Crippen molar-refractivity contribution < 1.29 is 23.4 Å². The second-order valence-corrected chi connectivity index (χ2v) is 3.00. The third-order valence-electron chi connectivity index (χ3n) is 1.92. The lowest BCUT2D eigenvalue weighted by molar-refractivity contribution is -0.164. The van der Waals surface area contributed by atoms with Gasteiger partial charge in [-0.2, -0.15) is 8.78 Å². The van der Waals surface area contributed by atoms with Crippen LogP contribution in [0.25, 0.3) is 0 Å². The molecular weight excluding hydrogens is 206 g/mol. The van der Waals surface area contributed by atoms with Crippen LogP contribution >= 0.6 is 0 Å². The minimum atomic E-state index is -3.77. The first kappa shape index (κ1) is 11.4. The Morgan fingerprint density at radius 1 is 1.47 bits per heavy atom. The van der Waals surface area contributed by atoms with Crippen molar-refractivity contribution in [2.75, 3.05) is 7.11 Å². The number of benzene rings is 1. The quantitative estimate of drug-likeness (QED) is 0.836. The van der Waals surface area contributed by atoms with Gasteiger partial charge in [0.2, 0.25) is 0 Å². The molecule has 5 heteroatoms. The highest BCUT2D eigenvalue weighted by Crippen LogP contribution is 2.26. The number of aliphatic carboxylic acids is 1. The fourth-order valence-corrected chi connectivity index (χ4v) is 1.16. The van der Waals surface area contributed by atoms with Crippen LogP contribution in [-0.4, -0.2) is 24.1 Å². The molecule has 1 N–H and O–H groups in total. The number of carboxylic acids is 1. The molecule has 0 aliphatic rings. The molecule has 0 spiro atoms. The van der Waals surface area contributed by atoms with Crippen LogP contribution in [0.1, 0.15) is 5.56 Å². The van der Waals surface area contributed by atoms with E-state index in [1.165, 1.54) is 19.2 Å². The molecular formula is C10H10F2O3. The molecule has 15 heavy (non-hydrogen) atoms. The first-order valence-corrected chi connectivity index (χ1v) is 4.20. The maximum Gasteiger partial charge on any atom is 0.374 e. The van der Waals surface area contributed by atoms with Crippen molar-refractivity contribution in [2.24, 2.45) is 0 Å². The Labute approximate surface area is 85.3 Å². The average Bonchev–Trinajstić information content (AvgIpc) is 2.18. The van der Waals surface area contributed by atoms with Crippen molar-refractivity contribution in [1.29, 1.82) is 0 Å². The van der Waals surface area contributed by atoms with Gasteiger partial charge in [-0.05, 0) is 6.07 Å². The zero-order chi connectivity index (χ0) is 11.5. The molecule has 0 aromatic heterocycles. The largest absolute Gasteiger partial charge is 0.496 e. The van der Waals surface area contributed by atoms with Crippen molar-refractivity contribution in [3.05, 3.63) is 29.8 Å². The van der Waals surface area contributed by atoms with E-state index in [0.717, 1.165) is 0 Å². The first-order chi connectivity index (χ1) is 6.97. The number of carbonyl (C=O) groups is 1. The van der Waals surface area contributed by atoms with Crippen molar-refractivity contribution in [3.8, 4) is 5.75 Å². The van der Waals surface area contributed by atoms with Crippen molar-refractivity contribution >= 4 is 5.97 Å². The number of hydrogen-bond acceptors (Lipinski definition) is 2. The van der Waals surface area contributed by atoms with Crippen molar-refractivity contribution in [2.45, 2.75) is 12.3 Å². The second kappa shape index (κ2) is 4.25. The van der Waals surface area contributed by atoms with E-state index in [9.17, 15) is 13.6 Å². The van der Waals surface area contributed by atoms with Gasteiger partial charge in [0.25, 0.3) is 0 Å². The lowest BCUT2D eigenvalue weighted by atomic mass is 10.1. The van der Waals surface area contributed by atoms with Crippen molar-refractivity contribution in [3.63, 3.8) is 0 Å². The highest BCUT2D eigenvalue weighted by atomic mass is 19.3. The summed E-state index contributed by atoms with van der Waals surface area (Å²) in [5.74, 6) is -5.64. The predicted molar refractivity (Wildman–Crippen MR) is 49.3 cm³/mol. The van der Waals surface area contributed by atoms with E-state index in [1.807, 2.05) is 0 Å². The first-order valence-electron chi connectivity index (χ1n) is 4.20. The van der Waals surface area contributed by atoms with Gasteiger partial charge in [0, 0.05) is 5.56 Å². The summed E-state index contributed by atoms with van der Waals surface area (Å²) in [6, 6.07) is 6.10. The molecule has 1 aromatic rings. The van der Waals surface area contributed by atoms with E-state index < -0.39 is 18.3 Å². The van der Waals surface area contributed by atoms with Gasteiger partial charge < -0.3 is 9.84 Å². The Bertz CT molecular complexity index is 363. The number of carboxylic acid groups (broad SMARTS) is 1. The summed E-state index contributed by atoms with van der Waals surface area (Å²) in [6.07, 6.45) is -0.869. The minimum Gasteiger partial charge on any atom is -0.496 e. The Balaban J connectivity index is 2.94. The Morgan fingerprint density at radius 2 is 2.07 bits per heavy atom. The number of para-hydroxylation sites is 1. The predicted octanol–water partition coefficient (Wildman–Crippen LogP) is 1.96. The zero-order valence-corrected chi connectivity index (χ0v) is 8.04. The summed E-state index contributed by atoms with van der Waals surface area (Å²) in [4.78, 5) is 10.2. The van der Waals surface area contributed by atoms with Gasteiger partial charge >= 0.3 is 11.9 Å². The summed E-state index contributed by atoms with van der Waals surface area (Å²) in [5, 5.41) is 8.28. The maximum atomic E-state index is 12.9. The van der Waals surface area contributed by atoms with Crippen LogP contribution in [0, 0.1) is 0 Å². The molecule has 0 fully saturated rings. The van der Waals surface area contributed by atoms with Gasteiger partial charge in [0.05, 0.1) is 13.5 Å². The number of hydrogen-bond donors (Lipinski definition) is 1. The molecule has 0 amide bonds. The Morgan fingerprint density at radius 3 is 2.60 bits per heavy atom. The third kappa shape index (κ3) is 2.65. The summed E-state index contributed by atoms with van der Waals surface area (Å²) < 4.78 is 30.6. The smallest absolute Gasteiger partial charge is 0.374 e. The molecule has 0 bridgehead atoms. The monoisotopic (exact) mass is 216 g/mol. The Hall–Kier alpha value is -1.65. The second-order valence-electron chi connectivity index (χ2n) is 3.00. The van der Waals surface area contributed by atoms with E-state index in [-0.39, 0.29) is 11.3 Å². The van der Waals surface area contributed by atoms with Gasteiger partial charge in [-0.25, -0.2) is 4.79 Å². The van der Waals surface area contributed by atoms with Gasteiger partial charge in [-0.15, -0.1) is 0 Å². The van der Waals surface area contributed by atoms with E-state index in [1.54, 1.807) is 12.1 Å².